The van der Waals surface area contributed by atoms with Crippen molar-refractivity contribution < 1.29 is 14.6 Å². The van der Waals surface area contributed by atoms with Gasteiger partial charge in [0.15, 0.2) is 11.7 Å². The first-order valence-corrected chi connectivity index (χ1v) is 8.91. The third-order valence-electron chi connectivity index (χ3n) is 4.66. The first-order valence-electron chi connectivity index (χ1n) is 8.50. The van der Waals surface area contributed by atoms with Crippen LogP contribution in [-0.2, 0) is 4.79 Å². The van der Waals surface area contributed by atoms with E-state index in [9.17, 15) is 4.79 Å². The van der Waals surface area contributed by atoms with E-state index in [0.29, 0.717) is 34.3 Å². The highest BCUT2D eigenvalue weighted by molar-refractivity contribution is 7.80. The van der Waals surface area contributed by atoms with Gasteiger partial charge < -0.3 is 15.2 Å². The van der Waals surface area contributed by atoms with Crippen LogP contribution in [-0.4, -0.2) is 35.1 Å². The third kappa shape index (κ3) is 6.01. The highest BCUT2D eigenvalue weighted by Gasteiger charge is 2.27. The van der Waals surface area contributed by atoms with Crippen molar-refractivity contribution in [1.82, 2.24) is 10.7 Å². The topological polar surface area (TPSA) is 83.0 Å². The monoisotopic (exact) mass is 363 g/mol. The van der Waals surface area contributed by atoms with Gasteiger partial charge >= 0.3 is 5.97 Å². The molecule has 0 spiro atoms. The van der Waals surface area contributed by atoms with Crippen LogP contribution < -0.4 is 15.5 Å². The molecule has 0 radical (unpaired) electrons. The van der Waals surface area contributed by atoms with Crippen molar-refractivity contribution in [2.75, 3.05) is 6.61 Å². The van der Waals surface area contributed by atoms with Crippen LogP contribution in [0.1, 0.15) is 38.7 Å². The van der Waals surface area contributed by atoms with E-state index < -0.39 is 12.6 Å². The van der Waals surface area contributed by atoms with E-state index >= 15 is 0 Å². The molecule has 1 aliphatic rings. The Bertz CT molecular complexity index is 636. The van der Waals surface area contributed by atoms with Crippen molar-refractivity contribution in [3.8, 4) is 5.75 Å². The number of carboxylic acid groups (broad SMARTS) is 1. The summed E-state index contributed by atoms with van der Waals surface area (Å²) in [4.78, 5) is 10.6. The number of thiocarbonyl (C=S) groups is 1. The lowest BCUT2D eigenvalue weighted by Gasteiger charge is -2.35. The molecule has 1 aliphatic carbocycles. The van der Waals surface area contributed by atoms with Crippen LogP contribution in [0.5, 0.6) is 5.75 Å². The predicted molar refractivity (Wildman–Crippen MR) is 102 cm³/mol. The van der Waals surface area contributed by atoms with Crippen LogP contribution in [0, 0.1) is 11.8 Å². The molecule has 1 aromatic rings. The summed E-state index contributed by atoms with van der Waals surface area (Å²) in [5, 5.41) is 16.7. The predicted octanol–water partition coefficient (Wildman–Crippen LogP) is 2.77. The molecule has 3 atom stereocenters. The molecule has 25 heavy (non-hydrogen) atoms. The average Bonchev–Trinajstić information content (AvgIpc) is 2.58. The first kappa shape index (κ1) is 19.2. The zero-order valence-corrected chi connectivity index (χ0v) is 15.4. The fourth-order valence-corrected chi connectivity index (χ4v) is 3.21. The summed E-state index contributed by atoms with van der Waals surface area (Å²) in [7, 11) is 0. The summed E-state index contributed by atoms with van der Waals surface area (Å²) in [6, 6.07) is 7.47. The molecule has 1 fully saturated rings. The minimum absolute atomic E-state index is 0.366. The second kappa shape index (κ2) is 9.36. The van der Waals surface area contributed by atoms with Gasteiger partial charge in [-0.3, -0.25) is 5.43 Å². The molecule has 3 N–H and O–H groups in total. The van der Waals surface area contributed by atoms with E-state index in [-0.39, 0.29) is 0 Å². The number of carbonyl (C=O) groups is 1. The van der Waals surface area contributed by atoms with Gasteiger partial charge in [0, 0.05) is 11.6 Å². The van der Waals surface area contributed by atoms with Gasteiger partial charge in [0.25, 0.3) is 0 Å². The second-order valence-corrected chi connectivity index (χ2v) is 6.85. The SMILES string of the molecule is C[C@@H]1[C@H](C)CCC[C@H]1NC(=S)N/N=C\c1ccccc1OCC(=O)O. The Balaban J connectivity index is 1.88. The van der Waals surface area contributed by atoms with E-state index in [2.05, 4.69) is 29.7 Å². The van der Waals surface area contributed by atoms with E-state index in [1.807, 2.05) is 6.07 Å². The Morgan fingerprint density at radius 3 is 2.92 bits per heavy atom. The summed E-state index contributed by atoms with van der Waals surface area (Å²) in [5.41, 5.74) is 3.50. The number of hydrazone groups is 1. The van der Waals surface area contributed by atoms with E-state index in [0.717, 1.165) is 6.42 Å². The van der Waals surface area contributed by atoms with E-state index in [1.54, 1.807) is 24.4 Å². The van der Waals surface area contributed by atoms with Crippen molar-refractivity contribution in [3.63, 3.8) is 0 Å². The minimum atomic E-state index is -1.02. The number of nitrogens with one attached hydrogen (secondary N) is 2. The molecule has 6 nitrogen and oxygen atoms in total. The van der Waals surface area contributed by atoms with Crippen LogP contribution in [0.3, 0.4) is 0 Å². The molecule has 0 heterocycles. The van der Waals surface area contributed by atoms with Crippen molar-refractivity contribution in [3.05, 3.63) is 29.8 Å². The number of ether oxygens (including phenoxy) is 1. The maximum Gasteiger partial charge on any atom is 0.341 e. The fraction of sp³-hybridized carbons (Fsp3) is 0.500. The number of aliphatic carboxylic acids is 1. The smallest absolute Gasteiger partial charge is 0.341 e. The van der Waals surface area contributed by atoms with Gasteiger partial charge in [0.1, 0.15) is 5.75 Å². The number of nitrogens with zero attached hydrogens (tertiary/aromatic N) is 1. The molecular weight excluding hydrogens is 338 g/mol. The van der Waals surface area contributed by atoms with Crippen LogP contribution in [0.25, 0.3) is 0 Å². The lowest BCUT2D eigenvalue weighted by atomic mass is 9.78. The van der Waals surface area contributed by atoms with Gasteiger partial charge in [-0.2, -0.15) is 5.10 Å². The van der Waals surface area contributed by atoms with Crippen LogP contribution in [0.2, 0.25) is 0 Å². The average molecular weight is 363 g/mol. The molecular formula is C18H25N3O3S. The van der Waals surface area contributed by atoms with E-state index in [4.69, 9.17) is 22.1 Å². The molecule has 0 aliphatic heterocycles. The maximum atomic E-state index is 10.6. The Kier molecular flexibility index (Phi) is 7.18. The highest BCUT2D eigenvalue weighted by atomic mass is 32.1. The van der Waals surface area contributed by atoms with Crippen molar-refractivity contribution >= 4 is 29.5 Å². The Labute approximate surface area is 153 Å². The van der Waals surface area contributed by atoms with Gasteiger partial charge in [-0.05, 0) is 42.6 Å². The molecule has 0 saturated heterocycles. The van der Waals surface area contributed by atoms with Gasteiger partial charge in [-0.25, -0.2) is 4.79 Å². The second-order valence-electron chi connectivity index (χ2n) is 6.44. The van der Waals surface area contributed by atoms with Gasteiger partial charge in [-0.1, -0.05) is 38.8 Å². The Hall–Kier alpha value is -2.15. The summed E-state index contributed by atoms with van der Waals surface area (Å²) >= 11 is 5.32. The molecule has 2 rings (SSSR count). The molecule has 0 bridgehead atoms. The molecule has 0 aromatic heterocycles. The quantitative estimate of drug-likeness (QED) is 0.410. The number of hydrogen-bond acceptors (Lipinski definition) is 4. The maximum absolute atomic E-state index is 10.6. The molecule has 1 saturated carbocycles. The van der Waals surface area contributed by atoms with Crippen molar-refractivity contribution in [2.45, 2.75) is 39.2 Å². The van der Waals surface area contributed by atoms with Crippen LogP contribution in [0.15, 0.2) is 29.4 Å². The third-order valence-corrected chi connectivity index (χ3v) is 4.87. The number of benzene rings is 1. The summed E-state index contributed by atoms with van der Waals surface area (Å²) in [6.07, 6.45) is 5.16. The molecule has 136 valence electrons. The fourth-order valence-electron chi connectivity index (χ4n) is 3.00. The van der Waals surface area contributed by atoms with Gasteiger partial charge in [-0.15, -0.1) is 0 Å². The Morgan fingerprint density at radius 2 is 2.16 bits per heavy atom. The largest absolute Gasteiger partial charge is 0.481 e. The first-order chi connectivity index (χ1) is 12.0. The molecule has 0 unspecified atom stereocenters. The Morgan fingerprint density at radius 1 is 1.40 bits per heavy atom. The van der Waals surface area contributed by atoms with Crippen molar-refractivity contribution in [2.24, 2.45) is 16.9 Å². The van der Waals surface area contributed by atoms with Crippen LogP contribution in [0.4, 0.5) is 0 Å². The summed E-state index contributed by atoms with van der Waals surface area (Å²) in [5.74, 6) is 0.702. The van der Waals surface area contributed by atoms with Gasteiger partial charge in [0.05, 0.1) is 6.21 Å². The summed E-state index contributed by atoms with van der Waals surface area (Å²) in [6.45, 7) is 4.14. The standard InChI is InChI=1S/C18H25N3O3S/c1-12-6-5-8-15(13(12)2)20-18(25)21-19-10-14-7-3-4-9-16(14)24-11-17(22)23/h3-4,7,9-10,12-13,15H,5-6,8,11H2,1-2H3,(H,22,23)(H2,20,21,25)/b19-10-/t12-,13-,15-/m1/s1. The number of hydrogen-bond donors (Lipinski definition) is 3. The number of carboxylic acids is 1. The lowest BCUT2D eigenvalue weighted by Crippen LogP contribution is -2.46. The lowest BCUT2D eigenvalue weighted by molar-refractivity contribution is -0.139. The molecule has 7 heteroatoms. The summed E-state index contributed by atoms with van der Waals surface area (Å²) < 4.78 is 5.24. The zero-order chi connectivity index (χ0) is 18.2. The zero-order valence-electron chi connectivity index (χ0n) is 14.6. The highest BCUT2D eigenvalue weighted by Crippen LogP contribution is 2.29. The van der Waals surface area contributed by atoms with Gasteiger partial charge in [0.2, 0.25) is 0 Å². The normalized spacial score (nSPS) is 23.2. The minimum Gasteiger partial charge on any atom is -0.481 e. The van der Waals surface area contributed by atoms with Crippen molar-refractivity contribution in [1.29, 1.82) is 0 Å². The van der Waals surface area contributed by atoms with E-state index in [1.165, 1.54) is 12.8 Å². The van der Waals surface area contributed by atoms with Crippen LogP contribution >= 0.6 is 12.2 Å². The number of rotatable bonds is 6. The molecule has 0 amide bonds. The molecule has 1 aromatic carbocycles. The number of para-hydroxylation sites is 1.